The molecule has 2 atom stereocenters. The van der Waals surface area contributed by atoms with E-state index in [0.717, 1.165) is 12.1 Å². The van der Waals surface area contributed by atoms with Crippen molar-refractivity contribution in [2.75, 3.05) is 6.54 Å². The summed E-state index contributed by atoms with van der Waals surface area (Å²) < 4.78 is 14.2. The van der Waals surface area contributed by atoms with Crippen LogP contribution in [-0.4, -0.2) is 12.1 Å². The van der Waals surface area contributed by atoms with Crippen molar-refractivity contribution in [3.63, 3.8) is 0 Å². The van der Waals surface area contributed by atoms with Gasteiger partial charge in [0.05, 0.1) is 5.02 Å². The second-order valence-corrected chi connectivity index (χ2v) is 6.54. The third-order valence-corrected chi connectivity index (χ3v) is 5.57. The maximum absolute atomic E-state index is 14.2. The Hall–Kier alpha value is -0.600. The molecule has 0 aromatic heterocycles. The lowest BCUT2D eigenvalue weighted by Gasteiger charge is -2.38. The molecule has 1 aliphatic heterocycles. The van der Waals surface area contributed by atoms with E-state index in [-0.39, 0.29) is 22.3 Å². The number of hydrogen-bond donors (Lipinski definition) is 1. The molecule has 1 N–H and O–H groups in total. The summed E-state index contributed by atoms with van der Waals surface area (Å²) in [6, 6.07) is 5.38. The van der Waals surface area contributed by atoms with Crippen LogP contribution in [0.2, 0.25) is 5.02 Å². The smallest absolute Gasteiger partial charge is 0.145 e. The third kappa shape index (κ3) is 2.19. The molecule has 1 saturated heterocycles. The zero-order valence-corrected chi connectivity index (χ0v) is 12.1. The van der Waals surface area contributed by atoms with Crippen LogP contribution in [0.1, 0.15) is 50.5 Å². The van der Waals surface area contributed by atoms with Crippen molar-refractivity contribution in [2.24, 2.45) is 5.92 Å². The van der Waals surface area contributed by atoms with Gasteiger partial charge in [0.2, 0.25) is 0 Å². The average molecular weight is 282 g/mol. The highest BCUT2D eigenvalue weighted by atomic mass is 35.5. The third-order valence-electron chi connectivity index (χ3n) is 5.28. The fraction of sp³-hybridized carbons (Fsp3) is 0.625. The van der Waals surface area contributed by atoms with Crippen molar-refractivity contribution in [2.45, 2.75) is 50.5 Å². The Morgan fingerprint density at radius 1 is 1.26 bits per heavy atom. The Bertz CT molecular complexity index is 468. The highest BCUT2D eigenvalue weighted by molar-refractivity contribution is 6.30. The molecular weight excluding hydrogens is 261 g/mol. The molecule has 1 nitrogen and oxygen atoms in total. The van der Waals surface area contributed by atoms with Crippen LogP contribution in [0.3, 0.4) is 0 Å². The first kappa shape index (κ1) is 13.4. The quantitative estimate of drug-likeness (QED) is 0.799. The van der Waals surface area contributed by atoms with E-state index in [0.29, 0.717) is 5.92 Å². The first-order chi connectivity index (χ1) is 9.14. The standard InChI is InChI=1S/C16H21ClFN/c1-11-13(12-6-5-7-14(17)15(12)18)10-19-16(11)8-3-2-4-9-16/h5-7,11,13,19H,2-4,8-10H2,1H3. The van der Waals surface area contributed by atoms with Crippen LogP contribution >= 0.6 is 11.6 Å². The number of nitrogens with one attached hydrogen (secondary N) is 1. The Labute approximate surface area is 119 Å². The maximum atomic E-state index is 14.2. The summed E-state index contributed by atoms with van der Waals surface area (Å²) in [6.45, 7) is 3.15. The Morgan fingerprint density at radius 2 is 2.00 bits per heavy atom. The molecule has 2 aliphatic rings. The van der Waals surface area contributed by atoms with Crippen LogP contribution in [0, 0.1) is 11.7 Å². The zero-order valence-electron chi connectivity index (χ0n) is 11.4. The summed E-state index contributed by atoms with van der Waals surface area (Å²) in [7, 11) is 0. The van der Waals surface area contributed by atoms with Gasteiger partial charge in [0, 0.05) is 18.0 Å². The highest BCUT2D eigenvalue weighted by Crippen LogP contribution is 2.46. The van der Waals surface area contributed by atoms with E-state index < -0.39 is 0 Å². The van der Waals surface area contributed by atoms with E-state index in [1.807, 2.05) is 12.1 Å². The van der Waals surface area contributed by atoms with Gasteiger partial charge in [-0.25, -0.2) is 4.39 Å². The van der Waals surface area contributed by atoms with Gasteiger partial charge >= 0.3 is 0 Å². The summed E-state index contributed by atoms with van der Waals surface area (Å²) in [5.41, 5.74) is 1.02. The minimum atomic E-state index is -0.226. The number of rotatable bonds is 1. The van der Waals surface area contributed by atoms with Gasteiger partial charge in [-0.05, 0) is 30.4 Å². The van der Waals surface area contributed by atoms with Gasteiger partial charge < -0.3 is 5.32 Å². The summed E-state index contributed by atoms with van der Waals surface area (Å²) in [5, 5.41) is 3.95. The van der Waals surface area contributed by atoms with E-state index in [2.05, 4.69) is 12.2 Å². The molecule has 19 heavy (non-hydrogen) atoms. The molecule has 3 rings (SSSR count). The molecule has 3 heteroatoms. The number of benzene rings is 1. The molecule has 0 radical (unpaired) electrons. The molecule has 1 spiro atoms. The first-order valence-electron chi connectivity index (χ1n) is 7.33. The van der Waals surface area contributed by atoms with Crippen LogP contribution in [0.4, 0.5) is 4.39 Å². The molecular formula is C16H21ClFN. The SMILES string of the molecule is CC1C(c2cccc(Cl)c2F)CNC12CCCCC2. The van der Waals surface area contributed by atoms with Crippen molar-refractivity contribution in [1.29, 1.82) is 0 Å². The van der Waals surface area contributed by atoms with Crippen molar-refractivity contribution < 1.29 is 4.39 Å². The fourth-order valence-corrected chi connectivity index (χ4v) is 4.22. The molecule has 0 bridgehead atoms. The second kappa shape index (κ2) is 5.06. The Morgan fingerprint density at radius 3 is 2.74 bits per heavy atom. The Kier molecular flexibility index (Phi) is 3.57. The predicted octanol–water partition coefficient (Wildman–Crippen LogP) is 4.50. The first-order valence-corrected chi connectivity index (χ1v) is 7.71. The van der Waals surface area contributed by atoms with E-state index in [1.165, 1.54) is 32.1 Å². The summed E-state index contributed by atoms with van der Waals surface area (Å²) in [6.07, 6.45) is 6.39. The van der Waals surface area contributed by atoms with E-state index in [1.54, 1.807) is 6.07 Å². The molecule has 1 aliphatic carbocycles. The molecule has 1 aromatic rings. The van der Waals surface area contributed by atoms with Gasteiger partial charge in [-0.1, -0.05) is 49.9 Å². The number of halogens is 2. The van der Waals surface area contributed by atoms with E-state index in [4.69, 9.17) is 11.6 Å². The minimum Gasteiger partial charge on any atom is -0.310 e. The number of hydrogen-bond acceptors (Lipinski definition) is 1. The van der Waals surface area contributed by atoms with Gasteiger partial charge in [0.15, 0.2) is 0 Å². The normalized spacial score (nSPS) is 29.8. The van der Waals surface area contributed by atoms with Gasteiger partial charge in [-0.15, -0.1) is 0 Å². The van der Waals surface area contributed by atoms with Gasteiger partial charge in [0.25, 0.3) is 0 Å². The molecule has 104 valence electrons. The molecule has 1 saturated carbocycles. The molecule has 1 heterocycles. The predicted molar refractivity (Wildman–Crippen MR) is 77.1 cm³/mol. The Balaban J connectivity index is 1.89. The summed E-state index contributed by atoms with van der Waals surface area (Å²) >= 11 is 5.92. The van der Waals surface area contributed by atoms with Crippen LogP contribution in [0.25, 0.3) is 0 Å². The van der Waals surface area contributed by atoms with Crippen LogP contribution in [0.5, 0.6) is 0 Å². The maximum Gasteiger partial charge on any atom is 0.145 e. The lowest BCUT2D eigenvalue weighted by Crippen LogP contribution is -2.45. The van der Waals surface area contributed by atoms with Crippen molar-refractivity contribution >= 4 is 11.6 Å². The van der Waals surface area contributed by atoms with Gasteiger partial charge in [-0.2, -0.15) is 0 Å². The summed E-state index contributed by atoms with van der Waals surface area (Å²) in [4.78, 5) is 0. The zero-order chi connectivity index (χ0) is 13.5. The lowest BCUT2D eigenvalue weighted by atomic mass is 9.71. The largest absolute Gasteiger partial charge is 0.310 e. The van der Waals surface area contributed by atoms with Gasteiger partial charge in [0.1, 0.15) is 5.82 Å². The second-order valence-electron chi connectivity index (χ2n) is 6.14. The van der Waals surface area contributed by atoms with E-state index in [9.17, 15) is 4.39 Å². The monoisotopic (exact) mass is 281 g/mol. The fourth-order valence-electron chi connectivity index (χ4n) is 4.04. The topological polar surface area (TPSA) is 12.0 Å². The van der Waals surface area contributed by atoms with Crippen molar-refractivity contribution in [3.05, 3.63) is 34.6 Å². The van der Waals surface area contributed by atoms with E-state index >= 15 is 0 Å². The minimum absolute atomic E-state index is 0.226. The van der Waals surface area contributed by atoms with Crippen molar-refractivity contribution in [3.8, 4) is 0 Å². The van der Waals surface area contributed by atoms with Crippen LogP contribution in [0.15, 0.2) is 18.2 Å². The average Bonchev–Trinajstić information content (AvgIpc) is 2.72. The molecule has 1 aromatic carbocycles. The van der Waals surface area contributed by atoms with Crippen molar-refractivity contribution in [1.82, 2.24) is 5.32 Å². The summed E-state index contributed by atoms with van der Waals surface area (Å²) in [5.74, 6) is 0.494. The molecule has 2 unspecified atom stereocenters. The van der Waals surface area contributed by atoms with Crippen LogP contribution in [-0.2, 0) is 0 Å². The molecule has 0 amide bonds. The molecule has 2 fully saturated rings. The lowest BCUT2D eigenvalue weighted by molar-refractivity contribution is 0.201. The van der Waals surface area contributed by atoms with Crippen LogP contribution < -0.4 is 5.32 Å². The highest BCUT2D eigenvalue weighted by Gasteiger charge is 2.46. The van der Waals surface area contributed by atoms with Gasteiger partial charge in [-0.3, -0.25) is 0 Å².